The van der Waals surface area contributed by atoms with Crippen molar-refractivity contribution in [3.05, 3.63) is 65.0 Å². The van der Waals surface area contributed by atoms with Gasteiger partial charge in [-0.25, -0.2) is 4.79 Å². The number of pyridine rings is 1. The van der Waals surface area contributed by atoms with Crippen molar-refractivity contribution in [1.82, 2.24) is 9.88 Å². The molecule has 1 atom stereocenters. The van der Waals surface area contributed by atoms with Crippen LogP contribution in [0.5, 0.6) is 0 Å². The minimum absolute atomic E-state index is 0.0691. The monoisotopic (exact) mass is 341 g/mol. The van der Waals surface area contributed by atoms with E-state index in [-0.39, 0.29) is 6.03 Å². The third kappa shape index (κ3) is 4.15. The van der Waals surface area contributed by atoms with Crippen molar-refractivity contribution in [2.45, 2.75) is 13.3 Å². The van der Waals surface area contributed by atoms with Gasteiger partial charge >= 0.3 is 6.03 Å². The third-order valence-electron chi connectivity index (χ3n) is 4.22. The summed E-state index contributed by atoms with van der Waals surface area (Å²) in [5.41, 5.74) is 3.23. The molecule has 3 rings (SSSR count). The first-order valence-corrected chi connectivity index (χ1v) is 8.41. The number of anilines is 1. The van der Waals surface area contributed by atoms with Gasteiger partial charge in [-0.1, -0.05) is 42.3 Å². The molecule has 0 radical (unpaired) electrons. The van der Waals surface area contributed by atoms with Crippen LogP contribution in [0.3, 0.4) is 0 Å². The lowest BCUT2D eigenvalue weighted by molar-refractivity contribution is 0.198. The van der Waals surface area contributed by atoms with Gasteiger partial charge in [0.05, 0.1) is 11.9 Å². The zero-order valence-electron chi connectivity index (χ0n) is 13.6. The van der Waals surface area contributed by atoms with E-state index in [4.69, 9.17) is 11.6 Å². The molecule has 0 saturated carbocycles. The van der Waals surface area contributed by atoms with Crippen molar-refractivity contribution in [1.29, 1.82) is 0 Å². The fraction of sp³-hybridized carbons (Fsp3) is 0.263. The van der Waals surface area contributed by atoms with Crippen molar-refractivity contribution < 1.29 is 4.79 Å². The second kappa shape index (κ2) is 7.49. The molecular formula is C19H20ClN3O. The van der Waals surface area contributed by atoms with Gasteiger partial charge in [0.25, 0.3) is 0 Å². The maximum Gasteiger partial charge on any atom is 0.321 e. The Kier molecular flexibility index (Phi) is 5.16. The molecule has 124 valence electrons. The number of nitrogens with zero attached hydrogens (tertiary/aromatic N) is 2. The minimum Gasteiger partial charge on any atom is -0.324 e. The van der Waals surface area contributed by atoms with Crippen molar-refractivity contribution in [2.75, 3.05) is 18.4 Å². The smallest absolute Gasteiger partial charge is 0.321 e. The molecule has 5 heteroatoms. The van der Waals surface area contributed by atoms with Crippen LogP contribution in [0.2, 0.25) is 5.02 Å². The number of carbonyl (C=O) groups excluding carboxylic acids is 1. The average Bonchev–Trinajstić information content (AvgIpc) is 2.59. The third-order valence-corrected chi connectivity index (χ3v) is 4.47. The van der Waals surface area contributed by atoms with Crippen molar-refractivity contribution >= 4 is 29.4 Å². The largest absolute Gasteiger partial charge is 0.324 e. The first-order chi connectivity index (χ1) is 11.6. The number of hydrogen-bond acceptors (Lipinski definition) is 2. The lowest BCUT2D eigenvalue weighted by Crippen LogP contribution is -2.42. The summed E-state index contributed by atoms with van der Waals surface area (Å²) in [6.45, 7) is 3.59. The summed E-state index contributed by atoms with van der Waals surface area (Å²) in [6.07, 6.45) is 6.42. The Hall–Kier alpha value is -2.33. The Morgan fingerprint density at radius 1 is 1.33 bits per heavy atom. The molecule has 1 N–H and O–H groups in total. The number of rotatable bonds is 2. The Morgan fingerprint density at radius 2 is 2.12 bits per heavy atom. The molecule has 1 aliphatic heterocycles. The Bertz CT molecular complexity index is 728. The predicted molar refractivity (Wildman–Crippen MR) is 98.0 cm³/mol. The number of carbonyl (C=O) groups is 1. The number of benzene rings is 1. The molecule has 24 heavy (non-hydrogen) atoms. The van der Waals surface area contributed by atoms with Gasteiger partial charge in [0.2, 0.25) is 0 Å². The van der Waals surface area contributed by atoms with E-state index in [1.54, 1.807) is 18.5 Å². The van der Waals surface area contributed by atoms with E-state index in [2.05, 4.69) is 23.3 Å². The fourth-order valence-electron chi connectivity index (χ4n) is 2.86. The summed E-state index contributed by atoms with van der Waals surface area (Å²) >= 11 is 5.93. The summed E-state index contributed by atoms with van der Waals surface area (Å²) in [5.74, 6) is 0.328. The topological polar surface area (TPSA) is 45.2 Å². The summed E-state index contributed by atoms with van der Waals surface area (Å²) < 4.78 is 0. The lowest BCUT2D eigenvalue weighted by atomic mass is 9.91. The standard InChI is InChI=1S/C19H20ClN3O/c1-14-13-23(19(24)22-18-3-2-9-21-12-18)10-8-16(14)11-15-4-6-17(20)7-5-15/h2-7,9,11-12,14H,8,10,13H2,1H3,(H,22,24). The molecule has 1 saturated heterocycles. The van der Waals surface area contributed by atoms with Gasteiger partial charge in [-0.3, -0.25) is 4.98 Å². The molecule has 0 aliphatic carbocycles. The molecule has 1 fully saturated rings. The quantitative estimate of drug-likeness (QED) is 0.861. The fourth-order valence-corrected chi connectivity index (χ4v) is 2.99. The summed E-state index contributed by atoms with van der Waals surface area (Å²) in [4.78, 5) is 18.2. The Labute approximate surface area is 147 Å². The molecule has 4 nitrogen and oxygen atoms in total. The first kappa shape index (κ1) is 16.5. The van der Waals surface area contributed by atoms with Crippen LogP contribution in [0.15, 0.2) is 54.4 Å². The van der Waals surface area contributed by atoms with Gasteiger partial charge in [-0.2, -0.15) is 0 Å². The normalized spacial score (nSPS) is 19.3. The summed E-state index contributed by atoms with van der Waals surface area (Å²) in [6, 6.07) is 11.4. The van der Waals surface area contributed by atoms with Crippen molar-refractivity contribution in [3.63, 3.8) is 0 Å². The van der Waals surface area contributed by atoms with E-state index >= 15 is 0 Å². The first-order valence-electron chi connectivity index (χ1n) is 8.04. The van der Waals surface area contributed by atoms with Crippen LogP contribution < -0.4 is 5.32 Å². The second-order valence-corrected chi connectivity index (χ2v) is 6.48. The SMILES string of the molecule is CC1CN(C(=O)Nc2cccnc2)CCC1=Cc1ccc(Cl)cc1. The van der Waals surface area contributed by atoms with Gasteiger partial charge in [-0.15, -0.1) is 0 Å². The second-order valence-electron chi connectivity index (χ2n) is 6.04. The van der Waals surface area contributed by atoms with E-state index in [1.807, 2.05) is 35.2 Å². The molecule has 1 aromatic carbocycles. The molecular weight excluding hydrogens is 322 g/mol. The van der Waals surface area contributed by atoms with Crippen LogP contribution in [-0.4, -0.2) is 29.0 Å². The molecule has 1 unspecified atom stereocenters. The number of piperidine rings is 1. The van der Waals surface area contributed by atoms with Crippen molar-refractivity contribution in [2.24, 2.45) is 5.92 Å². The molecule has 2 heterocycles. The molecule has 2 amide bonds. The van der Waals surface area contributed by atoms with Gasteiger partial charge < -0.3 is 10.2 Å². The number of nitrogens with one attached hydrogen (secondary N) is 1. The number of amides is 2. The zero-order valence-corrected chi connectivity index (χ0v) is 14.3. The molecule has 1 aliphatic rings. The predicted octanol–water partition coefficient (Wildman–Crippen LogP) is 4.69. The van der Waals surface area contributed by atoms with Crippen LogP contribution in [0.1, 0.15) is 18.9 Å². The average molecular weight is 342 g/mol. The van der Waals surface area contributed by atoms with E-state index < -0.39 is 0 Å². The zero-order chi connectivity index (χ0) is 16.9. The van der Waals surface area contributed by atoms with Gasteiger partial charge in [0.1, 0.15) is 0 Å². The number of halogens is 1. The number of urea groups is 1. The minimum atomic E-state index is -0.0691. The molecule has 2 aromatic rings. The van der Waals surface area contributed by atoms with Crippen LogP contribution in [-0.2, 0) is 0 Å². The lowest BCUT2D eigenvalue weighted by Gasteiger charge is -2.33. The van der Waals surface area contributed by atoms with Crippen molar-refractivity contribution in [3.8, 4) is 0 Å². The van der Waals surface area contributed by atoms with E-state index in [0.29, 0.717) is 12.5 Å². The van der Waals surface area contributed by atoms with Crippen LogP contribution >= 0.6 is 11.6 Å². The highest BCUT2D eigenvalue weighted by Crippen LogP contribution is 2.25. The highest BCUT2D eigenvalue weighted by molar-refractivity contribution is 6.30. The molecule has 0 spiro atoms. The Morgan fingerprint density at radius 3 is 2.79 bits per heavy atom. The summed E-state index contributed by atoms with van der Waals surface area (Å²) in [7, 11) is 0. The number of hydrogen-bond donors (Lipinski definition) is 1. The molecule has 1 aromatic heterocycles. The number of aromatic nitrogens is 1. The van der Waals surface area contributed by atoms with Crippen LogP contribution in [0.4, 0.5) is 10.5 Å². The summed E-state index contributed by atoms with van der Waals surface area (Å²) in [5, 5.41) is 3.64. The maximum atomic E-state index is 12.4. The Balaban J connectivity index is 1.62. The van der Waals surface area contributed by atoms with E-state index in [1.165, 1.54) is 5.57 Å². The highest BCUT2D eigenvalue weighted by Gasteiger charge is 2.24. The maximum absolute atomic E-state index is 12.4. The van der Waals surface area contributed by atoms with Gasteiger partial charge in [0, 0.05) is 24.3 Å². The van der Waals surface area contributed by atoms with E-state index in [0.717, 1.165) is 29.2 Å². The van der Waals surface area contributed by atoms with Gasteiger partial charge in [0.15, 0.2) is 0 Å². The van der Waals surface area contributed by atoms with E-state index in [9.17, 15) is 4.79 Å². The number of likely N-dealkylation sites (tertiary alicyclic amines) is 1. The highest BCUT2D eigenvalue weighted by atomic mass is 35.5. The molecule has 0 bridgehead atoms. The van der Waals surface area contributed by atoms with Crippen LogP contribution in [0.25, 0.3) is 6.08 Å². The van der Waals surface area contributed by atoms with Crippen LogP contribution in [0, 0.1) is 5.92 Å². The van der Waals surface area contributed by atoms with Gasteiger partial charge in [-0.05, 0) is 42.2 Å².